The Bertz CT molecular complexity index is 393. The van der Waals surface area contributed by atoms with E-state index in [-0.39, 0.29) is 5.92 Å². The third-order valence-electron chi connectivity index (χ3n) is 3.90. The van der Waals surface area contributed by atoms with Crippen molar-refractivity contribution in [3.8, 4) is 0 Å². The molecule has 1 unspecified atom stereocenters. The summed E-state index contributed by atoms with van der Waals surface area (Å²) in [5.74, 6) is -0.490. The molecule has 0 radical (unpaired) electrons. The van der Waals surface area contributed by atoms with Crippen LogP contribution in [0.15, 0.2) is 28.7 Å². The van der Waals surface area contributed by atoms with E-state index in [0.717, 1.165) is 22.9 Å². The van der Waals surface area contributed by atoms with E-state index >= 15 is 0 Å². The van der Waals surface area contributed by atoms with E-state index in [9.17, 15) is 9.90 Å². The molecule has 1 aromatic carbocycles. The number of carbonyl (C=O) groups is 1. The Labute approximate surface area is 117 Å². The molecule has 98 valence electrons. The molecular weight excluding hydrogens is 292 g/mol. The van der Waals surface area contributed by atoms with Crippen molar-refractivity contribution in [1.29, 1.82) is 0 Å². The fourth-order valence-corrected chi connectivity index (χ4v) is 3.13. The minimum Gasteiger partial charge on any atom is -0.481 e. The van der Waals surface area contributed by atoms with Gasteiger partial charge in [-0.1, -0.05) is 47.3 Å². The number of benzene rings is 1. The third kappa shape index (κ3) is 3.58. The van der Waals surface area contributed by atoms with Gasteiger partial charge < -0.3 is 5.11 Å². The van der Waals surface area contributed by atoms with Crippen molar-refractivity contribution < 1.29 is 9.90 Å². The fourth-order valence-electron chi connectivity index (χ4n) is 2.87. The zero-order chi connectivity index (χ0) is 13.0. The molecule has 1 aliphatic carbocycles. The molecule has 1 fully saturated rings. The highest BCUT2D eigenvalue weighted by molar-refractivity contribution is 9.10. The fraction of sp³-hybridized carbons (Fsp3) is 0.533. The van der Waals surface area contributed by atoms with Crippen molar-refractivity contribution >= 4 is 21.9 Å². The van der Waals surface area contributed by atoms with Crippen molar-refractivity contribution in [2.45, 2.75) is 38.5 Å². The zero-order valence-electron chi connectivity index (χ0n) is 10.4. The largest absolute Gasteiger partial charge is 0.481 e. The maximum atomic E-state index is 11.5. The van der Waals surface area contributed by atoms with Gasteiger partial charge in [-0.25, -0.2) is 0 Å². The number of carboxylic acids is 1. The van der Waals surface area contributed by atoms with Gasteiger partial charge in [0.2, 0.25) is 0 Å². The van der Waals surface area contributed by atoms with Crippen LogP contribution in [0.3, 0.4) is 0 Å². The average molecular weight is 311 g/mol. The summed E-state index contributed by atoms with van der Waals surface area (Å²) in [4.78, 5) is 11.5. The lowest BCUT2D eigenvalue weighted by Crippen LogP contribution is -2.27. The topological polar surface area (TPSA) is 37.3 Å². The molecule has 1 N–H and O–H groups in total. The highest BCUT2D eigenvalue weighted by atomic mass is 79.9. The first kappa shape index (κ1) is 13.6. The maximum Gasteiger partial charge on any atom is 0.307 e. The minimum atomic E-state index is -0.634. The van der Waals surface area contributed by atoms with Gasteiger partial charge in [-0.2, -0.15) is 0 Å². The van der Waals surface area contributed by atoms with Crippen LogP contribution in [0, 0.1) is 11.8 Å². The van der Waals surface area contributed by atoms with E-state index < -0.39 is 5.97 Å². The summed E-state index contributed by atoms with van der Waals surface area (Å²) >= 11 is 3.40. The first-order chi connectivity index (χ1) is 8.66. The second-order valence-corrected chi connectivity index (χ2v) is 6.09. The Hall–Kier alpha value is -0.830. The zero-order valence-corrected chi connectivity index (χ0v) is 12.0. The van der Waals surface area contributed by atoms with Crippen molar-refractivity contribution in [3.05, 3.63) is 34.3 Å². The third-order valence-corrected chi connectivity index (χ3v) is 4.43. The van der Waals surface area contributed by atoms with Gasteiger partial charge >= 0.3 is 5.97 Å². The molecule has 1 aromatic rings. The molecule has 3 heteroatoms. The number of aliphatic carboxylic acids is 1. The van der Waals surface area contributed by atoms with Crippen LogP contribution in [0.25, 0.3) is 0 Å². The summed E-state index contributed by atoms with van der Waals surface area (Å²) in [7, 11) is 0. The second kappa shape index (κ2) is 6.37. The predicted molar refractivity (Wildman–Crippen MR) is 75.5 cm³/mol. The highest BCUT2D eigenvalue weighted by Gasteiger charge is 2.29. The lowest BCUT2D eigenvalue weighted by Gasteiger charge is -2.27. The van der Waals surface area contributed by atoms with E-state index in [1.54, 1.807) is 0 Å². The first-order valence-corrected chi connectivity index (χ1v) is 7.43. The monoisotopic (exact) mass is 310 g/mol. The quantitative estimate of drug-likeness (QED) is 0.901. The van der Waals surface area contributed by atoms with Crippen LogP contribution in [0.4, 0.5) is 0 Å². The van der Waals surface area contributed by atoms with Crippen molar-refractivity contribution in [2.75, 3.05) is 0 Å². The number of hydrogen-bond donors (Lipinski definition) is 1. The van der Waals surface area contributed by atoms with Gasteiger partial charge in [0, 0.05) is 4.47 Å². The lowest BCUT2D eigenvalue weighted by atomic mass is 9.77. The Morgan fingerprint density at radius 3 is 2.39 bits per heavy atom. The molecule has 18 heavy (non-hydrogen) atoms. The number of carboxylic acid groups (broad SMARTS) is 1. The van der Waals surface area contributed by atoms with Gasteiger partial charge in [-0.05, 0) is 42.9 Å². The van der Waals surface area contributed by atoms with Crippen LogP contribution in [0.2, 0.25) is 0 Å². The van der Waals surface area contributed by atoms with Gasteiger partial charge in [-0.3, -0.25) is 4.79 Å². The summed E-state index contributed by atoms with van der Waals surface area (Å²) in [6.45, 7) is 0. The average Bonchev–Trinajstić information content (AvgIpc) is 2.38. The van der Waals surface area contributed by atoms with Crippen molar-refractivity contribution in [3.63, 3.8) is 0 Å². The van der Waals surface area contributed by atoms with Gasteiger partial charge in [0.1, 0.15) is 0 Å². The van der Waals surface area contributed by atoms with Crippen LogP contribution in [-0.4, -0.2) is 11.1 Å². The smallest absolute Gasteiger partial charge is 0.307 e. The molecule has 1 saturated carbocycles. The Kier molecular flexibility index (Phi) is 4.81. The van der Waals surface area contributed by atoms with Crippen molar-refractivity contribution in [1.82, 2.24) is 0 Å². The molecule has 0 amide bonds. The Morgan fingerprint density at radius 1 is 1.22 bits per heavy atom. The summed E-state index contributed by atoms with van der Waals surface area (Å²) in [6.07, 6.45) is 6.46. The molecule has 0 saturated heterocycles. The van der Waals surface area contributed by atoms with Gasteiger partial charge in [-0.15, -0.1) is 0 Å². The lowest BCUT2D eigenvalue weighted by molar-refractivity contribution is -0.144. The first-order valence-electron chi connectivity index (χ1n) is 6.64. The maximum absolute atomic E-state index is 11.5. The standard InChI is InChI=1S/C15H19BrO2/c16-13-8-6-11(7-9-13)10-14(15(17)18)12-4-2-1-3-5-12/h6-9,12,14H,1-5,10H2,(H,17,18). The predicted octanol–water partition coefficient (Wildman–Crippen LogP) is 4.27. The van der Waals surface area contributed by atoms with Crippen LogP contribution in [0.1, 0.15) is 37.7 Å². The molecule has 0 aromatic heterocycles. The number of rotatable bonds is 4. The highest BCUT2D eigenvalue weighted by Crippen LogP contribution is 2.32. The van der Waals surface area contributed by atoms with Crippen LogP contribution < -0.4 is 0 Å². The Balaban J connectivity index is 2.05. The van der Waals surface area contributed by atoms with E-state index in [4.69, 9.17) is 0 Å². The molecule has 2 rings (SSSR count). The second-order valence-electron chi connectivity index (χ2n) is 5.17. The van der Waals surface area contributed by atoms with Gasteiger partial charge in [0.15, 0.2) is 0 Å². The number of halogens is 1. The molecule has 0 spiro atoms. The van der Waals surface area contributed by atoms with E-state index in [1.807, 2.05) is 24.3 Å². The van der Waals surface area contributed by atoms with Crippen LogP contribution in [-0.2, 0) is 11.2 Å². The van der Waals surface area contributed by atoms with Crippen molar-refractivity contribution in [2.24, 2.45) is 11.8 Å². The van der Waals surface area contributed by atoms with E-state index in [1.165, 1.54) is 19.3 Å². The van der Waals surface area contributed by atoms with E-state index in [2.05, 4.69) is 15.9 Å². The minimum absolute atomic E-state index is 0.216. The molecular formula is C15H19BrO2. The molecule has 0 bridgehead atoms. The summed E-state index contributed by atoms with van der Waals surface area (Å²) in [6, 6.07) is 8.00. The van der Waals surface area contributed by atoms with Gasteiger partial charge in [0.05, 0.1) is 5.92 Å². The summed E-state index contributed by atoms with van der Waals surface area (Å²) in [5, 5.41) is 9.43. The SMILES string of the molecule is O=C(O)C(Cc1ccc(Br)cc1)C1CCCCC1. The number of hydrogen-bond acceptors (Lipinski definition) is 1. The molecule has 0 heterocycles. The van der Waals surface area contributed by atoms with E-state index in [0.29, 0.717) is 12.3 Å². The normalized spacial score (nSPS) is 18.5. The molecule has 1 atom stereocenters. The summed E-state index contributed by atoms with van der Waals surface area (Å²) < 4.78 is 1.04. The Morgan fingerprint density at radius 2 is 1.83 bits per heavy atom. The van der Waals surface area contributed by atoms with Crippen LogP contribution in [0.5, 0.6) is 0 Å². The van der Waals surface area contributed by atoms with Gasteiger partial charge in [0.25, 0.3) is 0 Å². The molecule has 1 aliphatic rings. The van der Waals surface area contributed by atoms with Crippen LogP contribution >= 0.6 is 15.9 Å². The molecule has 2 nitrogen and oxygen atoms in total. The molecule has 0 aliphatic heterocycles. The summed E-state index contributed by atoms with van der Waals surface area (Å²) in [5.41, 5.74) is 1.12.